The maximum atomic E-state index is 12.7. The number of rotatable bonds is 7. The molecule has 0 bridgehead atoms. The van der Waals surface area contributed by atoms with E-state index in [2.05, 4.69) is 21.7 Å². The summed E-state index contributed by atoms with van der Waals surface area (Å²) < 4.78 is 27.1. The van der Waals surface area contributed by atoms with Crippen molar-refractivity contribution in [3.8, 4) is 0 Å². The predicted molar refractivity (Wildman–Crippen MR) is 134 cm³/mol. The van der Waals surface area contributed by atoms with Gasteiger partial charge in [0.05, 0.1) is 4.90 Å². The Morgan fingerprint density at radius 3 is 2.50 bits per heavy atom. The predicted octanol–water partition coefficient (Wildman–Crippen LogP) is 3.76. The van der Waals surface area contributed by atoms with E-state index in [0.717, 1.165) is 38.3 Å². The first-order chi connectivity index (χ1) is 14.1. The van der Waals surface area contributed by atoms with E-state index in [0.29, 0.717) is 23.9 Å². The SMILES string of the molecule is CN=C(NCCC1=CCCCC1)NCC1CCN(S(=O)(=O)c2ccccc2)CC1.I. The Balaban J connectivity index is 0.00000320. The fraction of sp³-hybridized carbons (Fsp3) is 0.591. The quantitative estimate of drug-likeness (QED) is 0.237. The van der Waals surface area contributed by atoms with Crippen molar-refractivity contribution in [1.82, 2.24) is 14.9 Å². The van der Waals surface area contributed by atoms with Gasteiger partial charge in [0.15, 0.2) is 5.96 Å². The molecule has 1 aliphatic carbocycles. The summed E-state index contributed by atoms with van der Waals surface area (Å²) >= 11 is 0. The van der Waals surface area contributed by atoms with Gasteiger partial charge in [0, 0.05) is 33.2 Å². The molecule has 168 valence electrons. The number of sulfonamides is 1. The van der Waals surface area contributed by atoms with Gasteiger partial charge in [-0.15, -0.1) is 24.0 Å². The largest absolute Gasteiger partial charge is 0.356 e. The van der Waals surface area contributed by atoms with E-state index in [1.54, 1.807) is 41.2 Å². The lowest BCUT2D eigenvalue weighted by Crippen LogP contribution is -2.44. The summed E-state index contributed by atoms with van der Waals surface area (Å²) in [5.74, 6) is 1.29. The van der Waals surface area contributed by atoms with Gasteiger partial charge in [0.2, 0.25) is 10.0 Å². The zero-order chi connectivity index (χ0) is 20.5. The van der Waals surface area contributed by atoms with Gasteiger partial charge in [-0.05, 0) is 63.0 Å². The zero-order valence-corrected chi connectivity index (χ0v) is 21.0. The van der Waals surface area contributed by atoms with Crippen LogP contribution < -0.4 is 10.6 Å². The van der Waals surface area contributed by atoms with E-state index in [9.17, 15) is 8.42 Å². The molecule has 1 saturated heterocycles. The Hall–Kier alpha value is -1.13. The van der Waals surface area contributed by atoms with E-state index < -0.39 is 10.0 Å². The fourth-order valence-corrected chi connectivity index (χ4v) is 5.52. The molecule has 2 aliphatic rings. The number of piperidine rings is 1. The van der Waals surface area contributed by atoms with Gasteiger partial charge in [0.25, 0.3) is 0 Å². The smallest absolute Gasteiger partial charge is 0.243 e. The van der Waals surface area contributed by atoms with Crippen LogP contribution in [0.3, 0.4) is 0 Å². The highest BCUT2D eigenvalue weighted by molar-refractivity contribution is 14.0. The lowest BCUT2D eigenvalue weighted by Gasteiger charge is -2.31. The van der Waals surface area contributed by atoms with Crippen LogP contribution in [0.2, 0.25) is 0 Å². The molecule has 6 nitrogen and oxygen atoms in total. The van der Waals surface area contributed by atoms with E-state index in [4.69, 9.17) is 0 Å². The second kappa shape index (κ2) is 12.7. The average Bonchev–Trinajstić information content (AvgIpc) is 2.77. The molecular weight excluding hydrogens is 511 g/mol. The van der Waals surface area contributed by atoms with Crippen LogP contribution in [0.1, 0.15) is 44.9 Å². The molecule has 2 N–H and O–H groups in total. The molecule has 1 aromatic rings. The monoisotopic (exact) mass is 546 g/mol. The van der Waals surface area contributed by atoms with Gasteiger partial charge in [-0.25, -0.2) is 8.42 Å². The number of guanidine groups is 1. The number of benzene rings is 1. The molecule has 0 saturated carbocycles. The van der Waals surface area contributed by atoms with Gasteiger partial charge in [-0.2, -0.15) is 4.31 Å². The van der Waals surface area contributed by atoms with E-state index >= 15 is 0 Å². The van der Waals surface area contributed by atoms with Gasteiger partial charge in [-0.1, -0.05) is 29.8 Å². The molecule has 8 heteroatoms. The molecule has 0 atom stereocenters. The molecule has 1 aromatic carbocycles. The van der Waals surface area contributed by atoms with Crippen molar-refractivity contribution >= 4 is 40.0 Å². The first-order valence-electron chi connectivity index (χ1n) is 10.8. The number of aliphatic imine (C=N–C) groups is 1. The first-order valence-corrected chi connectivity index (χ1v) is 12.2. The number of halogens is 1. The molecule has 1 aliphatic heterocycles. The summed E-state index contributed by atoms with van der Waals surface area (Å²) in [6.07, 6.45) is 10.3. The summed E-state index contributed by atoms with van der Waals surface area (Å²) in [5, 5.41) is 6.82. The lowest BCUT2D eigenvalue weighted by atomic mass is 9.97. The minimum Gasteiger partial charge on any atom is -0.356 e. The van der Waals surface area contributed by atoms with Crippen molar-refractivity contribution in [2.75, 3.05) is 33.2 Å². The van der Waals surface area contributed by atoms with Crippen LogP contribution in [0, 0.1) is 5.92 Å². The Morgan fingerprint density at radius 1 is 1.13 bits per heavy atom. The van der Waals surface area contributed by atoms with Crippen LogP contribution in [0.5, 0.6) is 0 Å². The summed E-state index contributed by atoms with van der Waals surface area (Å²) in [7, 11) is -1.58. The van der Waals surface area contributed by atoms with Crippen LogP contribution in [0.25, 0.3) is 0 Å². The molecule has 0 unspecified atom stereocenters. The zero-order valence-electron chi connectivity index (χ0n) is 17.8. The molecule has 3 rings (SSSR count). The van der Waals surface area contributed by atoms with Crippen molar-refractivity contribution in [2.24, 2.45) is 10.9 Å². The lowest BCUT2D eigenvalue weighted by molar-refractivity contribution is 0.273. The topological polar surface area (TPSA) is 73.8 Å². The van der Waals surface area contributed by atoms with Crippen LogP contribution in [-0.2, 0) is 10.0 Å². The van der Waals surface area contributed by atoms with Crippen LogP contribution >= 0.6 is 24.0 Å². The molecule has 0 amide bonds. The van der Waals surface area contributed by atoms with Crippen LogP contribution in [-0.4, -0.2) is 51.9 Å². The highest BCUT2D eigenvalue weighted by Gasteiger charge is 2.29. The molecule has 1 heterocycles. The van der Waals surface area contributed by atoms with Crippen molar-refractivity contribution in [2.45, 2.75) is 49.8 Å². The Bertz CT molecular complexity index is 804. The molecular formula is C22H35IN4O2S. The van der Waals surface area contributed by atoms with Crippen molar-refractivity contribution in [3.63, 3.8) is 0 Å². The maximum absolute atomic E-state index is 12.7. The van der Waals surface area contributed by atoms with Crippen LogP contribution in [0.4, 0.5) is 0 Å². The summed E-state index contributed by atoms with van der Waals surface area (Å²) in [4.78, 5) is 4.70. The highest BCUT2D eigenvalue weighted by atomic mass is 127. The highest BCUT2D eigenvalue weighted by Crippen LogP contribution is 2.23. The molecule has 1 fully saturated rings. The van der Waals surface area contributed by atoms with E-state index in [1.807, 2.05) is 6.07 Å². The number of allylic oxidation sites excluding steroid dienone is 1. The third kappa shape index (κ3) is 7.23. The minimum atomic E-state index is -3.37. The van der Waals surface area contributed by atoms with Gasteiger partial charge < -0.3 is 10.6 Å². The maximum Gasteiger partial charge on any atom is 0.243 e. The number of nitrogens with one attached hydrogen (secondary N) is 2. The molecule has 0 spiro atoms. The second-order valence-electron chi connectivity index (χ2n) is 7.90. The Morgan fingerprint density at radius 2 is 1.87 bits per heavy atom. The number of nitrogens with zero attached hydrogens (tertiary/aromatic N) is 2. The fourth-order valence-electron chi connectivity index (χ4n) is 4.03. The number of hydrogen-bond donors (Lipinski definition) is 2. The molecule has 0 radical (unpaired) electrons. The average molecular weight is 547 g/mol. The standard InChI is InChI=1S/C22H34N4O2S.HI/c1-23-22(24-15-12-19-8-4-2-5-9-19)25-18-20-13-16-26(17-14-20)29(27,28)21-10-6-3-7-11-21;/h3,6-8,10-11,20H,2,4-5,9,12-18H2,1H3,(H2,23,24,25);1H. The van der Waals surface area contributed by atoms with E-state index in [1.165, 1.54) is 25.7 Å². The minimum absolute atomic E-state index is 0. The third-order valence-corrected chi connectivity index (χ3v) is 7.77. The van der Waals surface area contributed by atoms with E-state index in [-0.39, 0.29) is 24.0 Å². The number of hydrogen-bond acceptors (Lipinski definition) is 3. The summed E-state index contributed by atoms with van der Waals surface area (Å²) in [5.41, 5.74) is 1.56. The Kier molecular flexibility index (Phi) is 10.6. The first kappa shape index (κ1) is 25.1. The van der Waals surface area contributed by atoms with Crippen molar-refractivity contribution in [1.29, 1.82) is 0 Å². The van der Waals surface area contributed by atoms with Crippen LogP contribution in [0.15, 0.2) is 51.9 Å². The van der Waals surface area contributed by atoms with Gasteiger partial charge >= 0.3 is 0 Å². The summed E-state index contributed by atoms with van der Waals surface area (Å²) in [6, 6.07) is 8.72. The van der Waals surface area contributed by atoms with Crippen molar-refractivity contribution < 1.29 is 8.42 Å². The normalized spacial score (nSPS) is 19.0. The molecule has 0 aromatic heterocycles. The molecule has 30 heavy (non-hydrogen) atoms. The van der Waals surface area contributed by atoms with Crippen molar-refractivity contribution in [3.05, 3.63) is 42.0 Å². The summed E-state index contributed by atoms with van der Waals surface area (Å²) in [6.45, 7) is 2.87. The second-order valence-corrected chi connectivity index (χ2v) is 9.84. The van der Waals surface area contributed by atoms with Gasteiger partial charge in [0.1, 0.15) is 0 Å². The third-order valence-electron chi connectivity index (χ3n) is 5.86. The van der Waals surface area contributed by atoms with Gasteiger partial charge in [-0.3, -0.25) is 4.99 Å². The Labute approximate surface area is 198 Å².